The molecule has 3 aliphatic rings. The van der Waals surface area contributed by atoms with Gasteiger partial charge in [0.05, 0.1) is 144 Å². The van der Waals surface area contributed by atoms with Crippen LogP contribution in [0, 0.1) is 5.41 Å². The van der Waals surface area contributed by atoms with Gasteiger partial charge in [-0.3, -0.25) is 10.2 Å². The van der Waals surface area contributed by atoms with E-state index >= 15 is 0 Å². The second-order valence-corrected chi connectivity index (χ2v) is 16.3. The largest absolute Gasteiger partial charge is 0.661 e. The molecule has 4 rings (SSSR count). The summed E-state index contributed by atoms with van der Waals surface area (Å²) in [5.41, 5.74) is 4.97. The monoisotopic (exact) mass is 1040 g/mol. The molecule has 0 bridgehead atoms. The van der Waals surface area contributed by atoms with Crippen LogP contribution in [0.4, 0.5) is 0 Å². The fourth-order valence-corrected chi connectivity index (χ4v) is 6.70. The number of hydrogen-bond donors (Lipinski definition) is 4. The summed E-state index contributed by atoms with van der Waals surface area (Å²) in [5, 5.41) is 19.6. The van der Waals surface area contributed by atoms with Gasteiger partial charge in [-0.2, -0.15) is 18.3 Å². The number of carbonyl (C=O) groups excluding carboxylic acids is 1. The Kier molecular flexibility index (Phi) is 36.9. The van der Waals surface area contributed by atoms with Gasteiger partial charge in [-0.15, -0.1) is 11.6 Å². The first kappa shape index (κ1) is 60.2. The molecule has 65 heavy (non-hydrogen) atoms. The van der Waals surface area contributed by atoms with E-state index in [0.717, 1.165) is 37.2 Å². The Balaban J connectivity index is 0.000000555. The smallest absolute Gasteiger partial charge is 0.192 e. The van der Waals surface area contributed by atoms with Crippen LogP contribution < -0.4 is 10.7 Å². The number of nitrogens with one attached hydrogen (secondary N) is 2. The average molecular weight is 1040 g/mol. The van der Waals surface area contributed by atoms with E-state index < -0.39 is 8.38 Å². The van der Waals surface area contributed by atoms with Crippen LogP contribution in [0.3, 0.4) is 0 Å². The van der Waals surface area contributed by atoms with Crippen molar-refractivity contribution in [3.63, 3.8) is 0 Å². The number of nitrogens with zero attached hydrogens (tertiary/aromatic N) is 6. The van der Waals surface area contributed by atoms with E-state index in [-0.39, 0.29) is 57.2 Å². The van der Waals surface area contributed by atoms with Crippen LogP contribution in [0.5, 0.6) is 0 Å². The molecule has 25 heteroatoms. The second-order valence-electron chi connectivity index (χ2n) is 15.1. The number of ketones is 1. The second kappa shape index (κ2) is 39.8. The Morgan fingerprint density at radius 3 is 2.05 bits per heavy atom. The SMILES string of the molecule is CC(=O)CCOCCOCCOCCOCCn1cc(COCCOCCOCCOCCOC2CC3(CNC3)C2)nn1.C[N-]CC(/C=N\NC1CCC(COCP(O)O)O1)=C\[N-]Cl.[Y]. The van der Waals surface area contributed by atoms with Crippen molar-refractivity contribution in [3.05, 3.63) is 33.8 Å². The van der Waals surface area contributed by atoms with Crippen LogP contribution in [0.1, 0.15) is 44.7 Å². The van der Waals surface area contributed by atoms with Gasteiger partial charge in [0.2, 0.25) is 0 Å². The number of hydrazone groups is 1. The number of ether oxygens (including phenoxy) is 11. The Morgan fingerprint density at radius 2 is 1.49 bits per heavy atom. The standard InChI is InChI=1S/C29H52N4O10.C11H20ClN4O4P.Y/c1-26(34)2-4-35-6-8-37-10-11-38-9-7-36-5-3-33-22-27(31-32-33)23-42-17-16-40-13-12-39-14-15-41-18-19-43-28-20-29(21-28)24-30-25-29;1-13-4-9(5-14-12)6-15-16-11-3-2-10(20-11)7-19-8-21(17)18;/h22,28,30H,2-21,23-25H2,1H3;5-6,10-11,16-18H,2-4,7-8H2,1H3;/q;-2;/b;9-5+,15-6-;. The van der Waals surface area contributed by atoms with Crippen LogP contribution in [0.15, 0.2) is 23.1 Å². The van der Waals surface area contributed by atoms with Gasteiger partial charge in [0.15, 0.2) is 8.38 Å². The van der Waals surface area contributed by atoms with Gasteiger partial charge in [0.25, 0.3) is 0 Å². The quantitative estimate of drug-likeness (QED) is 0.0319. The predicted molar refractivity (Wildman–Crippen MR) is 238 cm³/mol. The number of hydrogen-bond acceptors (Lipinski definition) is 19. The molecule has 2 unspecified atom stereocenters. The van der Waals surface area contributed by atoms with Crippen LogP contribution in [0.2, 0.25) is 0 Å². The number of carbonyl (C=O) groups is 1. The van der Waals surface area contributed by atoms with Crippen molar-refractivity contribution in [1.82, 2.24) is 25.7 Å². The molecule has 2 atom stereocenters. The first-order valence-corrected chi connectivity index (χ1v) is 23.6. The molecule has 1 radical (unpaired) electrons. The van der Waals surface area contributed by atoms with Crippen LogP contribution in [-0.4, -0.2) is 201 Å². The van der Waals surface area contributed by atoms with Crippen LogP contribution in [-0.2, 0) is 103 Å². The zero-order valence-electron chi connectivity index (χ0n) is 38.1. The number of Topliss-reactive ketones (excluding diaryl/α,β-unsaturated/α-hetero) is 1. The van der Waals surface area contributed by atoms with Gasteiger partial charge in [0.1, 0.15) is 24.1 Å². The molecule has 0 amide bonds. The molecule has 2 aliphatic heterocycles. The molecule has 1 aromatic heterocycles. The Morgan fingerprint density at radius 1 is 0.908 bits per heavy atom. The van der Waals surface area contributed by atoms with Crippen molar-refractivity contribution in [1.29, 1.82) is 0 Å². The van der Waals surface area contributed by atoms with E-state index in [1.54, 1.807) is 24.9 Å². The summed E-state index contributed by atoms with van der Waals surface area (Å²) in [6.07, 6.45) is 9.48. The molecule has 3 fully saturated rings. The van der Waals surface area contributed by atoms with Crippen LogP contribution >= 0.6 is 20.2 Å². The minimum atomic E-state index is -2.01. The fraction of sp³-hybridized carbons (Fsp3) is 0.850. The molecular weight excluding hydrogens is 972 g/mol. The number of likely N-dealkylation sites (N-methyl/N-ethyl adjacent to an activating group) is 1. The molecule has 4 N–H and O–H groups in total. The fourth-order valence-electron chi connectivity index (χ4n) is 6.30. The third-order valence-corrected chi connectivity index (χ3v) is 10.2. The summed E-state index contributed by atoms with van der Waals surface area (Å²) < 4.78 is 62.3. The zero-order valence-corrected chi connectivity index (χ0v) is 42.6. The Hall–Kier alpha value is -0.956. The van der Waals surface area contributed by atoms with E-state index in [1.165, 1.54) is 19.0 Å². The number of rotatable bonds is 40. The van der Waals surface area contributed by atoms with Crippen molar-refractivity contribution in [2.45, 2.75) is 70.6 Å². The summed E-state index contributed by atoms with van der Waals surface area (Å²) in [5.74, 6) is 0.126. The molecule has 0 aromatic carbocycles. The van der Waals surface area contributed by atoms with Crippen LogP contribution in [0.25, 0.3) is 10.2 Å². The molecule has 22 nitrogen and oxygen atoms in total. The molecule has 1 aromatic rings. The topological polar surface area (TPSA) is 254 Å². The van der Waals surface area contributed by atoms with E-state index in [4.69, 9.17) is 73.7 Å². The van der Waals surface area contributed by atoms with Gasteiger partial charge < -0.3 is 77.4 Å². The number of aromatic nitrogens is 3. The van der Waals surface area contributed by atoms with Gasteiger partial charge in [-0.25, -0.2) is 16.5 Å². The maximum atomic E-state index is 10.8. The van der Waals surface area contributed by atoms with Crippen molar-refractivity contribution in [3.8, 4) is 0 Å². The van der Waals surface area contributed by atoms with E-state index in [9.17, 15) is 4.79 Å². The summed E-state index contributed by atoms with van der Waals surface area (Å²) in [7, 11) is -0.315. The number of halogens is 1. The van der Waals surface area contributed by atoms with E-state index in [0.29, 0.717) is 150 Å². The first-order chi connectivity index (χ1) is 31.3. The third kappa shape index (κ3) is 31.0. The van der Waals surface area contributed by atoms with E-state index in [1.807, 2.05) is 6.20 Å². The van der Waals surface area contributed by atoms with Gasteiger partial charge in [-0.1, -0.05) is 10.8 Å². The van der Waals surface area contributed by atoms with Crippen molar-refractivity contribution in [2.24, 2.45) is 10.5 Å². The summed E-state index contributed by atoms with van der Waals surface area (Å²) >= 11 is 5.28. The maximum Gasteiger partial charge on any atom is 0.192 e. The summed E-state index contributed by atoms with van der Waals surface area (Å²) in [4.78, 5) is 31.7. The molecule has 1 spiro atoms. The molecule has 1 aliphatic carbocycles. The van der Waals surface area contributed by atoms with Gasteiger partial charge >= 0.3 is 0 Å². The van der Waals surface area contributed by atoms with E-state index in [2.05, 4.69) is 36.3 Å². The first-order valence-electron chi connectivity index (χ1n) is 21.9. The third-order valence-electron chi connectivity index (χ3n) is 9.66. The average Bonchev–Trinajstić information content (AvgIpc) is 3.90. The minimum Gasteiger partial charge on any atom is -0.661 e. The zero-order chi connectivity index (χ0) is 45.8. The Bertz CT molecular complexity index is 1370. The normalized spacial score (nSPS) is 18.1. The molecule has 2 saturated heterocycles. The summed E-state index contributed by atoms with van der Waals surface area (Å²) in [6.45, 7) is 13.9. The van der Waals surface area contributed by atoms with Gasteiger partial charge in [-0.05, 0) is 32.6 Å². The van der Waals surface area contributed by atoms with Crippen molar-refractivity contribution in [2.75, 3.05) is 145 Å². The van der Waals surface area contributed by atoms with Crippen molar-refractivity contribution < 1.29 is 99.4 Å². The van der Waals surface area contributed by atoms with Gasteiger partial charge in [0, 0.05) is 63.8 Å². The molecular formula is C40H72ClN8O14PY-2. The minimum absolute atomic E-state index is 0. The molecule has 3 heterocycles. The maximum absolute atomic E-state index is 10.8. The Labute approximate surface area is 415 Å². The van der Waals surface area contributed by atoms with Crippen molar-refractivity contribution >= 4 is 32.1 Å². The summed E-state index contributed by atoms with van der Waals surface area (Å²) in [6, 6.07) is 0. The molecule has 373 valence electrons. The predicted octanol–water partition coefficient (Wildman–Crippen LogP) is 2.41. The molecule has 1 saturated carbocycles.